The third-order valence-electron chi connectivity index (χ3n) is 6.95. The van der Waals surface area contributed by atoms with Crippen LogP contribution in [0.5, 0.6) is 0 Å². The van der Waals surface area contributed by atoms with E-state index in [1.807, 2.05) is 0 Å². The Bertz CT molecular complexity index is 1150. The summed E-state index contributed by atoms with van der Waals surface area (Å²) >= 11 is 0. The standard InChI is InChI=1S/C21H29N5O4S/c1-21(28)10-2-3-17(21)26-18(27)7-4-14-13-22-20(24-19(14)26)23-15-8-11-25(12-9-15)31(29,30)16-5-6-16/h4,7,13,15-17,28H,2-3,5-6,8-12H2,1H3,(H,22,23,24)/t17-,21-/m0/s1. The highest BCUT2D eigenvalue weighted by Crippen LogP contribution is 2.39. The van der Waals surface area contributed by atoms with E-state index in [0.717, 1.165) is 31.1 Å². The zero-order valence-corrected chi connectivity index (χ0v) is 18.5. The maximum atomic E-state index is 12.7. The molecule has 9 nitrogen and oxygen atoms in total. The number of nitrogens with one attached hydrogen (secondary N) is 1. The molecule has 2 aliphatic carbocycles. The van der Waals surface area contributed by atoms with Gasteiger partial charge in [0.25, 0.3) is 5.56 Å². The van der Waals surface area contributed by atoms with Crippen LogP contribution < -0.4 is 10.9 Å². The number of aromatic nitrogens is 3. The maximum absolute atomic E-state index is 12.7. The number of hydrogen-bond acceptors (Lipinski definition) is 7. The van der Waals surface area contributed by atoms with Gasteiger partial charge in [-0.25, -0.2) is 17.7 Å². The van der Waals surface area contributed by atoms with Crippen molar-refractivity contribution in [2.24, 2.45) is 0 Å². The summed E-state index contributed by atoms with van der Waals surface area (Å²) in [6.45, 7) is 2.78. The van der Waals surface area contributed by atoms with Crippen LogP contribution >= 0.6 is 0 Å². The van der Waals surface area contributed by atoms with Crippen LogP contribution in [0.1, 0.15) is 57.9 Å². The molecule has 2 aromatic rings. The fourth-order valence-corrected chi connectivity index (χ4v) is 6.83. The number of rotatable bonds is 5. The molecule has 168 valence electrons. The van der Waals surface area contributed by atoms with Gasteiger partial charge < -0.3 is 10.4 Å². The van der Waals surface area contributed by atoms with E-state index in [4.69, 9.17) is 0 Å². The second-order valence-electron chi connectivity index (χ2n) is 9.34. The van der Waals surface area contributed by atoms with Gasteiger partial charge in [0.2, 0.25) is 16.0 Å². The van der Waals surface area contributed by atoms with Crippen LogP contribution in [-0.4, -0.2) is 62.3 Å². The van der Waals surface area contributed by atoms with Crippen molar-refractivity contribution in [2.45, 2.75) is 74.8 Å². The highest BCUT2D eigenvalue weighted by Gasteiger charge is 2.41. The van der Waals surface area contributed by atoms with Crippen molar-refractivity contribution < 1.29 is 13.5 Å². The third-order valence-corrected chi connectivity index (χ3v) is 9.35. The summed E-state index contributed by atoms with van der Waals surface area (Å²) in [5.41, 5.74) is -0.606. The van der Waals surface area contributed by atoms with Gasteiger partial charge in [-0.3, -0.25) is 9.36 Å². The van der Waals surface area contributed by atoms with Crippen LogP contribution in [-0.2, 0) is 10.0 Å². The molecule has 0 bridgehead atoms. The number of sulfonamides is 1. The lowest BCUT2D eigenvalue weighted by Gasteiger charge is -2.31. The fraction of sp³-hybridized carbons (Fsp3) is 0.667. The van der Waals surface area contributed by atoms with Crippen LogP contribution in [0.2, 0.25) is 0 Å². The van der Waals surface area contributed by atoms with E-state index in [9.17, 15) is 18.3 Å². The maximum Gasteiger partial charge on any atom is 0.252 e. The molecule has 0 radical (unpaired) electrons. The first-order valence-electron chi connectivity index (χ1n) is 11.1. The molecule has 0 aromatic carbocycles. The number of aliphatic hydroxyl groups is 1. The van der Waals surface area contributed by atoms with Crippen molar-refractivity contribution >= 4 is 27.0 Å². The Balaban J connectivity index is 1.37. The summed E-state index contributed by atoms with van der Waals surface area (Å²) in [5.74, 6) is 0.424. The lowest BCUT2D eigenvalue weighted by Crippen LogP contribution is -2.43. The van der Waals surface area contributed by atoms with Gasteiger partial charge >= 0.3 is 0 Å². The number of piperidine rings is 1. The second-order valence-corrected chi connectivity index (χ2v) is 11.6. The number of nitrogens with zero attached hydrogens (tertiary/aromatic N) is 4. The first kappa shape index (κ1) is 20.8. The summed E-state index contributed by atoms with van der Waals surface area (Å²) in [5, 5.41) is 14.7. The van der Waals surface area contributed by atoms with E-state index in [2.05, 4.69) is 15.3 Å². The van der Waals surface area contributed by atoms with E-state index >= 15 is 0 Å². The summed E-state index contributed by atoms with van der Waals surface area (Å²) in [6, 6.07) is 2.97. The van der Waals surface area contributed by atoms with E-state index in [1.54, 1.807) is 28.1 Å². The Morgan fingerprint density at radius 3 is 2.55 bits per heavy atom. The third kappa shape index (κ3) is 3.85. The predicted octanol–water partition coefficient (Wildman–Crippen LogP) is 1.64. The van der Waals surface area contributed by atoms with E-state index < -0.39 is 15.6 Å². The molecule has 2 atom stereocenters. The van der Waals surface area contributed by atoms with Gasteiger partial charge in [0.15, 0.2) is 0 Å². The summed E-state index contributed by atoms with van der Waals surface area (Å²) < 4.78 is 28.1. The van der Waals surface area contributed by atoms with Crippen LogP contribution in [0.25, 0.3) is 11.0 Å². The molecule has 0 unspecified atom stereocenters. The second kappa shape index (κ2) is 7.53. The predicted molar refractivity (Wildman–Crippen MR) is 117 cm³/mol. The smallest absolute Gasteiger partial charge is 0.252 e. The van der Waals surface area contributed by atoms with Crippen molar-refractivity contribution in [2.75, 3.05) is 18.4 Å². The Hall–Kier alpha value is -2.04. The molecule has 2 aromatic heterocycles. The zero-order valence-electron chi connectivity index (χ0n) is 17.7. The molecule has 1 saturated heterocycles. The topological polar surface area (TPSA) is 117 Å². The van der Waals surface area contributed by atoms with Gasteiger partial charge in [0.1, 0.15) is 5.65 Å². The highest BCUT2D eigenvalue weighted by atomic mass is 32.2. The van der Waals surface area contributed by atoms with Crippen molar-refractivity contribution in [1.82, 2.24) is 18.8 Å². The monoisotopic (exact) mass is 447 g/mol. The van der Waals surface area contributed by atoms with Gasteiger partial charge in [0, 0.05) is 36.8 Å². The molecule has 5 rings (SSSR count). The molecule has 10 heteroatoms. The van der Waals surface area contributed by atoms with Gasteiger partial charge in [0.05, 0.1) is 16.9 Å². The van der Waals surface area contributed by atoms with Crippen LogP contribution in [0.3, 0.4) is 0 Å². The van der Waals surface area contributed by atoms with Gasteiger partial charge in [-0.15, -0.1) is 0 Å². The summed E-state index contributed by atoms with van der Waals surface area (Å²) in [7, 11) is -3.13. The molecule has 3 aliphatic rings. The Morgan fingerprint density at radius 1 is 1.16 bits per heavy atom. The Morgan fingerprint density at radius 2 is 1.90 bits per heavy atom. The van der Waals surface area contributed by atoms with Crippen molar-refractivity contribution in [3.63, 3.8) is 0 Å². The first-order valence-corrected chi connectivity index (χ1v) is 12.6. The molecule has 31 heavy (non-hydrogen) atoms. The van der Waals surface area contributed by atoms with Crippen molar-refractivity contribution in [3.8, 4) is 0 Å². The van der Waals surface area contributed by atoms with Crippen molar-refractivity contribution in [1.29, 1.82) is 0 Å². The molecule has 2 N–H and O–H groups in total. The average molecular weight is 448 g/mol. The molecule has 0 amide bonds. The minimum absolute atomic E-state index is 0.0709. The summed E-state index contributed by atoms with van der Waals surface area (Å²) in [6.07, 6.45) is 6.86. The molecule has 3 heterocycles. The highest BCUT2D eigenvalue weighted by molar-refractivity contribution is 7.90. The van der Waals surface area contributed by atoms with E-state index in [0.29, 0.717) is 43.9 Å². The first-order chi connectivity index (χ1) is 14.8. The number of hydrogen-bond donors (Lipinski definition) is 2. The Kier molecular flexibility index (Phi) is 5.06. The van der Waals surface area contributed by atoms with Crippen molar-refractivity contribution in [3.05, 3.63) is 28.7 Å². The van der Waals surface area contributed by atoms with Crippen LogP contribution in [0, 0.1) is 0 Å². The molecule has 0 spiro atoms. The summed E-state index contributed by atoms with van der Waals surface area (Å²) in [4.78, 5) is 21.8. The van der Waals surface area contributed by atoms with Gasteiger partial charge in [-0.2, -0.15) is 4.98 Å². The molecule has 2 saturated carbocycles. The minimum atomic E-state index is -3.13. The normalized spacial score (nSPS) is 28.3. The van der Waals surface area contributed by atoms with Gasteiger partial charge in [-0.05, 0) is 57.9 Å². The van der Waals surface area contributed by atoms with Crippen LogP contribution in [0.4, 0.5) is 5.95 Å². The van der Waals surface area contributed by atoms with E-state index in [1.165, 1.54) is 6.07 Å². The molecule has 3 fully saturated rings. The minimum Gasteiger partial charge on any atom is -0.388 e. The number of fused-ring (bicyclic) bond motifs is 1. The lowest BCUT2D eigenvalue weighted by atomic mass is 10.00. The number of anilines is 1. The largest absolute Gasteiger partial charge is 0.388 e. The molecular formula is C21H29N5O4S. The van der Waals surface area contributed by atoms with Crippen LogP contribution in [0.15, 0.2) is 23.1 Å². The molecular weight excluding hydrogens is 418 g/mol. The quantitative estimate of drug-likeness (QED) is 0.715. The van der Waals surface area contributed by atoms with Gasteiger partial charge in [-0.1, -0.05) is 0 Å². The molecule has 1 aliphatic heterocycles. The lowest BCUT2D eigenvalue weighted by molar-refractivity contribution is 0.0267. The average Bonchev–Trinajstić information content (AvgIpc) is 3.53. The number of pyridine rings is 1. The zero-order chi connectivity index (χ0) is 21.8. The van der Waals surface area contributed by atoms with E-state index in [-0.39, 0.29) is 22.9 Å². The fourth-order valence-electron chi connectivity index (χ4n) is 4.96. The SMILES string of the molecule is C[C@]1(O)CCC[C@@H]1n1c(=O)ccc2cnc(NC3CCN(S(=O)(=O)C4CC4)CC3)nc21. The Labute approximate surface area is 181 Å².